The molecule has 1 heterocycles. The maximum Gasteiger partial charge on any atom is 0.490 e. The Labute approximate surface area is 151 Å². The Balaban J connectivity index is 0.000000260. The van der Waals surface area contributed by atoms with E-state index < -0.39 is 23.5 Å². The Kier molecular flexibility index (Phi) is 4.61. The number of halogens is 3. The molecule has 0 aromatic carbocycles. The van der Waals surface area contributed by atoms with Crippen molar-refractivity contribution in [2.75, 3.05) is 0 Å². The van der Waals surface area contributed by atoms with Crippen molar-refractivity contribution in [3.8, 4) is 0 Å². The van der Waals surface area contributed by atoms with Crippen LogP contribution in [0.5, 0.6) is 0 Å². The number of aromatic nitrogens is 1. The molecule has 1 aromatic heterocycles. The molecule has 0 bridgehead atoms. The van der Waals surface area contributed by atoms with E-state index in [0.29, 0.717) is 18.5 Å². The summed E-state index contributed by atoms with van der Waals surface area (Å²) in [4.78, 5) is 36.5. The highest BCUT2D eigenvalue weighted by atomic mass is 19.4. The van der Waals surface area contributed by atoms with Crippen LogP contribution in [-0.2, 0) is 22.4 Å². The maximum atomic E-state index is 12.2. The topological polar surface area (TPSA) is 117 Å². The first-order valence-electron chi connectivity index (χ1n) is 8.38. The van der Waals surface area contributed by atoms with E-state index in [-0.39, 0.29) is 17.9 Å². The number of hydrogen-bond donors (Lipinski definition) is 3. The van der Waals surface area contributed by atoms with Crippen LogP contribution in [0, 0.1) is 11.3 Å². The van der Waals surface area contributed by atoms with Crippen LogP contribution in [0.2, 0.25) is 0 Å². The lowest BCUT2D eigenvalue weighted by atomic mass is 9.80. The number of hydrogen-bond acceptors (Lipinski definition) is 4. The van der Waals surface area contributed by atoms with Crippen molar-refractivity contribution in [3.05, 3.63) is 29.1 Å². The summed E-state index contributed by atoms with van der Waals surface area (Å²) >= 11 is 0. The zero-order chi connectivity index (χ0) is 20.0. The largest absolute Gasteiger partial charge is 0.490 e. The molecule has 0 radical (unpaired) electrons. The molecule has 7 nitrogen and oxygen atoms in total. The fraction of sp³-hybridized carbons (Fsp3) is 0.529. The second-order valence-electron chi connectivity index (χ2n) is 7.01. The minimum absolute atomic E-state index is 0.00801. The van der Waals surface area contributed by atoms with Gasteiger partial charge in [0.15, 0.2) is 0 Å². The van der Waals surface area contributed by atoms with E-state index in [1.165, 1.54) is 5.56 Å². The zero-order valence-electron chi connectivity index (χ0n) is 14.0. The molecule has 0 unspecified atom stereocenters. The van der Waals surface area contributed by atoms with Crippen LogP contribution in [0.3, 0.4) is 0 Å². The molecular weight excluding hydrogens is 369 g/mol. The molecule has 1 aromatic rings. The van der Waals surface area contributed by atoms with Gasteiger partial charge in [0.2, 0.25) is 0 Å². The standard InChI is InChI=1S/C15H16N2O3.C2HF3O2/c18-13(11-5-4-8-2-1-3-10(8)16-11)17-12-7-15(14(19)20)6-9(12)15;3-2(4,5)1(6)7/h4-5,9,12H,1-3,6-7H2,(H,17,18)(H,19,20);(H,6,7)/t9-,12+,15-;/m0./s1. The fourth-order valence-electron chi connectivity index (χ4n) is 3.74. The third-order valence-electron chi connectivity index (χ3n) is 5.35. The summed E-state index contributed by atoms with van der Waals surface area (Å²) in [7, 11) is 0. The lowest BCUT2D eigenvalue weighted by molar-refractivity contribution is -0.192. The zero-order valence-corrected chi connectivity index (χ0v) is 14.0. The smallest absolute Gasteiger partial charge is 0.481 e. The number of amides is 1. The molecule has 2 fully saturated rings. The number of carbonyl (C=O) groups excluding carboxylic acids is 1. The second kappa shape index (κ2) is 6.50. The number of pyridine rings is 1. The first kappa shape index (κ1) is 19.1. The van der Waals surface area contributed by atoms with Gasteiger partial charge in [-0.3, -0.25) is 9.59 Å². The number of carbonyl (C=O) groups is 3. The maximum absolute atomic E-state index is 12.2. The first-order valence-corrected chi connectivity index (χ1v) is 8.38. The molecule has 27 heavy (non-hydrogen) atoms. The number of carboxylic acids is 2. The highest BCUT2D eigenvalue weighted by Gasteiger charge is 2.72. The normalized spacial score (nSPS) is 27.2. The number of nitrogens with one attached hydrogen (secondary N) is 1. The predicted molar refractivity (Wildman–Crippen MR) is 84.0 cm³/mol. The molecular formula is C17H17F3N2O5. The van der Waals surface area contributed by atoms with E-state index in [9.17, 15) is 22.8 Å². The molecule has 3 aliphatic carbocycles. The molecule has 1 amide bonds. The number of aliphatic carboxylic acids is 2. The van der Waals surface area contributed by atoms with Crippen LogP contribution in [0.25, 0.3) is 0 Å². The average molecular weight is 386 g/mol. The van der Waals surface area contributed by atoms with E-state index in [0.717, 1.165) is 25.0 Å². The molecule has 10 heteroatoms. The van der Waals surface area contributed by atoms with Gasteiger partial charge >= 0.3 is 18.1 Å². The van der Waals surface area contributed by atoms with Gasteiger partial charge in [-0.2, -0.15) is 13.2 Å². The predicted octanol–water partition coefficient (Wildman–Crippen LogP) is 1.80. The molecule has 4 rings (SSSR count). The summed E-state index contributed by atoms with van der Waals surface area (Å²) < 4.78 is 31.7. The minimum Gasteiger partial charge on any atom is -0.481 e. The van der Waals surface area contributed by atoms with Crippen molar-refractivity contribution < 1.29 is 37.8 Å². The van der Waals surface area contributed by atoms with Crippen molar-refractivity contribution >= 4 is 17.8 Å². The van der Waals surface area contributed by atoms with E-state index in [2.05, 4.69) is 10.3 Å². The van der Waals surface area contributed by atoms with Crippen molar-refractivity contribution in [2.45, 2.75) is 44.3 Å². The number of nitrogens with zero attached hydrogens (tertiary/aromatic N) is 1. The summed E-state index contributed by atoms with van der Waals surface area (Å²) in [5.41, 5.74) is 2.22. The number of aryl methyl sites for hydroxylation is 2. The molecule has 2 saturated carbocycles. The van der Waals surface area contributed by atoms with Gasteiger partial charge in [-0.1, -0.05) is 6.07 Å². The second-order valence-corrected chi connectivity index (χ2v) is 7.01. The lowest BCUT2D eigenvalue weighted by Gasteiger charge is -2.32. The SMILES string of the molecule is O=C(N[C@@H]1C[C@@]2(C(=O)O)C[C@@H]12)c1ccc2c(n1)CCC2.O=C(O)C(F)(F)F. The van der Waals surface area contributed by atoms with Crippen molar-refractivity contribution in [3.63, 3.8) is 0 Å². The Morgan fingerprint density at radius 2 is 1.81 bits per heavy atom. The van der Waals surface area contributed by atoms with Crippen molar-refractivity contribution in [2.24, 2.45) is 11.3 Å². The summed E-state index contributed by atoms with van der Waals surface area (Å²) in [6.07, 6.45) is -0.714. The Hall–Kier alpha value is -2.65. The van der Waals surface area contributed by atoms with Gasteiger partial charge in [-0.15, -0.1) is 0 Å². The Morgan fingerprint density at radius 1 is 1.15 bits per heavy atom. The van der Waals surface area contributed by atoms with Gasteiger partial charge in [-0.05, 0) is 49.7 Å². The van der Waals surface area contributed by atoms with Crippen LogP contribution in [0.1, 0.15) is 41.0 Å². The molecule has 3 atom stereocenters. The van der Waals surface area contributed by atoms with E-state index in [1.54, 1.807) is 6.07 Å². The monoisotopic (exact) mass is 386 g/mol. The highest BCUT2D eigenvalue weighted by Crippen LogP contribution is 2.67. The molecule has 3 aliphatic rings. The number of alkyl halides is 3. The van der Waals surface area contributed by atoms with E-state index >= 15 is 0 Å². The summed E-state index contributed by atoms with van der Waals surface area (Å²) in [5, 5.41) is 19.1. The minimum atomic E-state index is -5.08. The van der Waals surface area contributed by atoms with Gasteiger partial charge in [0.1, 0.15) is 5.69 Å². The summed E-state index contributed by atoms with van der Waals surface area (Å²) in [5.74, 6) is -3.52. The average Bonchev–Trinajstić information content (AvgIpc) is 2.96. The molecule has 146 valence electrons. The molecule has 0 saturated heterocycles. The van der Waals surface area contributed by atoms with Crippen LogP contribution in [0.4, 0.5) is 13.2 Å². The lowest BCUT2D eigenvalue weighted by Crippen LogP contribution is -2.48. The quantitative estimate of drug-likeness (QED) is 0.729. The first-order chi connectivity index (χ1) is 12.5. The number of carboxylic acid groups (broad SMARTS) is 2. The summed E-state index contributed by atoms with van der Waals surface area (Å²) in [6.45, 7) is 0. The van der Waals surface area contributed by atoms with Crippen LogP contribution >= 0.6 is 0 Å². The fourth-order valence-corrected chi connectivity index (χ4v) is 3.74. The Bertz CT molecular complexity index is 810. The molecule has 0 spiro atoms. The van der Waals surface area contributed by atoms with Gasteiger partial charge in [0.05, 0.1) is 5.41 Å². The number of rotatable bonds is 3. The Morgan fingerprint density at radius 3 is 2.33 bits per heavy atom. The van der Waals surface area contributed by atoms with Crippen LogP contribution in [0.15, 0.2) is 12.1 Å². The van der Waals surface area contributed by atoms with Crippen molar-refractivity contribution in [1.82, 2.24) is 10.3 Å². The van der Waals surface area contributed by atoms with Gasteiger partial charge in [0, 0.05) is 11.7 Å². The number of fused-ring (bicyclic) bond motifs is 2. The third-order valence-corrected chi connectivity index (χ3v) is 5.35. The van der Waals surface area contributed by atoms with Gasteiger partial charge < -0.3 is 15.5 Å². The van der Waals surface area contributed by atoms with E-state index in [4.69, 9.17) is 15.0 Å². The molecule has 3 N–H and O–H groups in total. The molecule has 0 aliphatic heterocycles. The summed E-state index contributed by atoms with van der Waals surface area (Å²) in [6, 6.07) is 3.77. The van der Waals surface area contributed by atoms with E-state index in [1.807, 2.05) is 6.07 Å². The van der Waals surface area contributed by atoms with Gasteiger partial charge in [-0.25, -0.2) is 9.78 Å². The highest BCUT2D eigenvalue weighted by molar-refractivity contribution is 5.93. The van der Waals surface area contributed by atoms with Crippen molar-refractivity contribution in [1.29, 1.82) is 0 Å². The van der Waals surface area contributed by atoms with Crippen LogP contribution < -0.4 is 5.32 Å². The van der Waals surface area contributed by atoms with Crippen LogP contribution in [-0.4, -0.2) is 45.3 Å². The van der Waals surface area contributed by atoms with Gasteiger partial charge in [0.25, 0.3) is 5.91 Å². The third kappa shape index (κ3) is 3.60.